The lowest BCUT2D eigenvalue weighted by Crippen LogP contribution is -2.14. The molecule has 0 aliphatic carbocycles. The van der Waals surface area contributed by atoms with Crippen LogP contribution in [-0.4, -0.2) is 29.2 Å². The quantitative estimate of drug-likeness (QED) is 0.110. The zero-order valence-electron chi connectivity index (χ0n) is 25.2. The highest BCUT2D eigenvalue weighted by atomic mass is 32.2. The second-order valence-corrected chi connectivity index (χ2v) is 12.9. The Bertz CT molecular complexity index is 1680. The van der Waals surface area contributed by atoms with Gasteiger partial charge in [-0.3, -0.25) is 4.98 Å². The second-order valence-electron chi connectivity index (χ2n) is 10.6. The Hall–Kier alpha value is -3.94. The molecule has 0 fully saturated rings. The molecule has 2 heterocycles. The van der Waals surface area contributed by atoms with Crippen LogP contribution in [0.15, 0.2) is 90.0 Å². The summed E-state index contributed by atoms with van der Waals surface area (Å²) in [5, 5.41) is 1.17. The summed E-state index contributed by atoms with van der Waals surface area (Å²) in [4.78, 5) is 24.0. The molecule has 0 aliphatic rings. The summed E-state index contributed by atoms with van der Waals surface area (Å²) in [5.74, 6) is 0.313. The molecular weight excluding hydrogens is 573 g/mol. The van der Waals surface area contributed by atoms with Gasteiger partial charge in [-0.1, -0.05) is 65.7 Å². The van der Waals surface area contributed by atoms with Crippen LogP contribution in [0, 0.1) is 27.7 Å². The lowest BCUT2D eigenvalue weighted by Gasteiger charge is -2.17. The van der Waals surface area contributed by atoms with E-state index in [0.717, 1.165) is 44.4 Å². The number of thiazole rings is 1. The summed E-state index contributed by atoms with van der Waals surface area (Å²) in [7, 11) is 0. The summed E-state index contributed by atoms with van der Waals surface area (Å²) < 4.78 is 10.7. The molecule has 5 rings (SSSR count). The normalized spacial score (nSPS) is 11.7. The average molecular weight is 609 g/mol. The minimum absolute atomic E-state index is 0.1000. The minimum Gasteiger partial charge on any atom is -0.482 e. The maximum absolute atomic E-state index is 11.8. The number of thioether (sulfide) groups is 1. The smallest absolute Gasteiger partial charge is 0.344 e. The van der Waals surface area contributed by atoms with Crippen molar-refractivity contribution < 1.29 is 14.3 Å². The number of rotatable bonds is 11. The summed E-state index contributed by atoms with van der Waals surface area (Å²) in [6, 6.07) is 27.4. The first-order valence-corrected chi connectivity index (χ1v) is 16.1. The van der Waals surface area contributed by atoms with Gasteiger partial charge in [0.1, 0.15) is 10.8 Å². The summed E-state index contributed by atoms with van der Waals surface area (Å²) in [6.07, 6.45) is 2.81. The Morgan fingerprint density at radius 3 is 2.21 bits per heavy atom. The van der Waals surface area contributed by atoms with Gasteiger partial charge >= 0.3 is 5.97 Å². The Balaban J connectivity index is 1.41. The number of ether oxygens (including phenoxy) is 2. The number of nitrogens with zero attached hydrogens (tertiary/aromatic N) is 2. The predicted molar refractivity (Wildman–Crippen MR) is 177 cm³/mol. The monoisotopic (exact) mass is 608 g/mol. The van der Waals surface area contributed by atoms with E-state index in [1.807, 2.05) is 30.9 Å². The fourth-order valence-electron chi connectivity index (χ4n) is 4.73. The number of esters is 1. The Morgan fingerprint density at radius 1 is 0.884 bits per heavy atom. The number of carbonyl (C=O) groups excluding carboxylic acids is 1. The van der Waals surface area contributed by atoms with E-state index < -0.39 is 0 Å². The predicted octanol–water partition coefficient (Wildman–Crippen LogP) is 9.12. The summed E-state index contributed by atoms with van der Waals surface area (Å²) in [6.45, 7) is 10.3. The molecule has 220 valence electrons. The van der Waals surface area contributed by atoms with Crippen LogP contribution in [0.5, 0.6) is 5.75 Å². The molecule has 0 aliphatic heterocycles. The van der Waals surface area contributed by atoms with Crippen LogP contribution in [-0.2, 0) is 16.0 Å². The van der Waals surface area contributed by atoms with Crippen molar-refractivity contribution >= 4 is 29.1 Å². The van der Waals surface area contributed by atoms with Crippen molar-refractivity contribution in [3.05, 3.63) is 118 Å². The van der Waals surface area contributed by atoms with Gasteiger partial charge in [-0.05, 0) is 76.4 Å². The third kappa shape index (κ3) is 7.92. The molecule has 0 amide bonds. The lowest BCUT2D eigenvalue weighted by molar-refractivity contribution is -0.145. The molecule has 0 N–H and O–H groups in total. The van der Waals surface area contributed by atoms with Crippen LogP contribution in [0.2, 0.25) is 0 Å². The van der Waals surface area contributed by atoms with Crippen LogP contribution in [0.4, 0.5) is 0 Å². The van der Waals surface area contributed by atoms with E-state index in [0.29, 0.717) is 12.4 Å². The molecule has 0 saturated carbocycles. The van der Waals surface area contributed by atoms with Gasteiger partial charge in [0.25, 0.3) is 0 Å². The SMILES string of the molecule is CCOC(=O)COc1ccc(SC(Cc2ccc(-c3ccc(C)cc3)nc2)c2sc(-c3ccc(C)cc3)nc2C)cc1C. The maximum Gasteiger partial charge on any atom is 0.344 e. The molecule has 5 aromatic rings. The van der Waals surface area contributed by atoms with Gasteiger partial charge in [0.15, 0.2) is 6.61 Å². The average Bonchev–Trinajstić information content (AvgIpc) is 3.39. The van der Waals surface area contributed by atoms with Crippen LogP contribution >= 0.6 is 23.1 Å². The van der Waals surface area contributed by atoms with E-state index in [2.05, 4.69) is 93.6 Å². The topological polar surface area (TPSA) is 61.3 Å². The van der Waals surface area contributed by atoms with E-state index in [9.17, 15) is 4.79 Å². The van der Waals surface area contributed by atoms with Gasteiger partial charge in [-0.25, -0.2) is 9.78 Å². The highest BCUT2D eigenvalue weighted by Gasteiger charge is 2.22. The number of hydrogen-bond donors (Lipinski definition) is 0. The third-order valence-electron chi connectivity index (χ3n) is 7.09. The first kappa shape index (κ1) is 30.5. The molecule has 0 saturated heterocycles. The largest absolute Gasteiger partial charge is 0.482 e. The van der Waals surface area contributed by atoms with Crippen molar-refractivity contribution in [3.8, 4) is 27.6 Å². The molecule has 0 bridgehead atoms. The fourth-order valence-corrected chi connectivity index (χ4v) is 7.34. The Kier molecular flexibility index (Phi) is 9.95. The Morgan fingerprint density at radius 2 is 1.58 bits per heavy atom. The molecule has 0 radical (unpaired) electrons. The summed E-state index contributed by atoms with van der Waals surface area (Å²) in [5.41, 5.74) is 8.88. The molecule has 1 atom stereocenters. The van der Waals surface area contributed by atoms with Crippen LogP contribution in [0.1, 0.15) is 45.0 Å². The van der Waals surface area contributed by atoms with Crippen LogP contribution in [0.3, 0.4) is 0 Å². The highest BCUT2D eigenvalue weighted by Crippen LogP contribution is 2.44. The Labute approximate surface area is 262 Å². The molecular formula is C36H36N2O3S2. The van der Waals surface area contributed by atoms with Gasteiger partial charge in [-0.2, -0.15) is 0 Å². The number of carbonyl (C=O) groups is 1. The van der Waals surface area contributed by atoms with Crippen molar-refractivity contribution in [3.63, 3.8) is 0 Å². The maximum atomic E-state index is 11.8. The second kappa shape index (κ2) is 14.0. The molecule has 0 spiro atoms. The fraction of sp³-hybridized carbons (Fsp3) is 0.250. The first-order valence-electron chi connectivity index (χ1n) is 14.4. The zero-order valence-corrected chi connectivity index (χ0v) is 26.9. The standard InChI is InChI=1S/C36H36N2O3S2/c1-6-40-34(39)22-41-32-18-16-30(19-25(32)4)42-33(35-26(5)38-36(43-35)29-14-9-24(3)10-15-29)20-27-11-17-31(37-21-27)28-12-7-23(2)8-13-28/h7-19,21,33H,6,20,22H2,1-5H3. The van der Waals surface area contributed by atoms with Gasteiger partial charge in [-0.15, -0.1) is 23.1 Å². The van der Waals surface area contributed by atoms with E-state index in [1.165, 1.54) is 21.6 Å². The van der Waals surface area contributed by atoms with E-state index in [1.54, 1.807) is 18.3 Å². The summed E-state index contributed by atoms with van der Waals surface area (Å²) >= 11 is 3.58. The number of aryl methyl sites for hydroxylation is 4. The van der Waals surface area contributed by atoms with Gasteiger partial charge < -0.3 is 9.47 Å². The molecule has 7 heteroatoms. The molecule has 2 aromatic heterocycles. The van der Waals surface area contributed by atoms with Crippen molar-refractivity contribution in [2.75, 3.05) is 13.2 Å². The van der Waals surface area contributed by atoms with Gasteiger partial charge in [0.05, 0.1) is 18.0 Å². The van der Waals surface area contributed by atoms with Gasteiger partial charge in [0.2, 0.25) is 0 Å². The first-order chi connectivity index (χ1) is 20.8. The molecule has 3 aromatic carbocycles. The third-order valence-corrected chi connectivity index (χ3v) is 9.77. The van der Waals surface area contributed by atoms with Crippen molar-refractivity contribution in [1.29, 1.82) is 0 Å². The van der Waals surface area contributed by atoms with Crippen LogP contribution < -0.4 is 4.74 Å². The van der Waals surface area contributed by atoms with Crippen LogP contribution in [0.25, 0.3) is 21.8 Å². The van der Waals surface area contributed by atoms with E-state index in [4.69, 9.17) is 19.4 Å². The molecule has 43 heavy (non-hydrogen) atoms. The van der Waals surface area contributed by atoms with E-state index >= 15 is 0 Å². The highest BCUT2D eigenvalue weighted by molar-refractivity contribution is 7.99. The number of pyridine rings is 1. The molecule has 5 nitrogen and oxygen atoms in total. The lowest BCUT2D eigenvalue weighted by atomic mass is 10.1. The van der Waals surface area contributed by atoms with Crippen molar-refractivity contribution in [2.24, 2.45) is 0 Å². The number of hydrogen-bond acceptors (Lipinski definition) is 7. The van der Waals surface area contributed by atoms with Crippen molar-refractivity contribution in [2.45, 2.75) is 51.2 Å². The minimum atomic E-state index is -0.368. The van der Waals surface area contributed by atoms with E-state index in [-0.39, 0.29) is 17.8 Å². The van der Waals surface area contributed by atoms with Crippen molar-refractivity contribution in [1.82, 2.24) is 9.97 Å². The number of aromatic nitrogens is 2. The van der Waals surface area contributed by atoms with Gasteiger partial charge in [0, 0.05) is 32.3 Å². The zero-order chi connectivity index (χ0) is 30.3. The number of benzene rings is 3. The molecule has 1 unspecified atom stereocenters.